The number of fused-ring (bicyclic) bond motifs is 1. The second-order valence-corrected chi connectivity index (χ2v) is 9.71. The smallest absolute Gasteiger partial charge is 0.252 e. The fraction of sp³-hybridized carbons (Fsp3) is 0.500. The molecule has 1 amide bonds. The summed E-state index contributed by atoms with van der Waals surface area (Å²) in [6, 6.07) is 13.6. The molecule has 2 aromatic rings. The van der Waals surface area contributed by atoms with Gasteiger partial charge in [-0.2, -0.15) is 0 Å². The highest BCUT2D eigenvalue weighted by Gasteiger charge is 2.47. The molecule has 1 heterocycles. The topological polar surface area (TPSA) is 35.6 Å². The molecule has 30 heavy (non-hydrogen) atoms. The van der Waals surface area contributed by atoms with Gasteiger partial charge < -0.3 is 15.1 Å². The minimum Gasteiger partial charge on any atom is -0.368 e. The molecule has 0 atom stereocenters. The van der Waals surface area contributed by atoms with Gasteiger partial charge in [-0.1, -0.05) is 24.3 Å². The van der Waals surface area contributed by atoms with Crippen LogP contribution in [-0.2, 0) is 18.4 Å². The molecule has 0 unspecified atom stereocenters. The molecular formula is C26H33N3O. The highest BCUT2D eigenvalue weighted by molar-refractivity contribution is 5.97. The standard InChI is InChI=1S/C26H33N3O/c1-18-11-12-20(29-16-21(17-29)28(2)3)15-23(18)25(30)27-26(13-14-26)24-10-6-8-19-7-4-5-9-22(19)24/h6,8,10-12,15,21H,4-5,7,9,13-14,16-17H2,1-3H3,(H,27,30). The summed E-state index contributed by atoms with van der Waals surface area (Å²) in [6.07, 6.45) is 6.97. The average Bonchev–Trinajstić information content (AvgIpc) is 3.47. The van der Waals surface area contributed by atoms with Crippen LogP contribution < -0.4 is 10.2 Å². The van der Waals surface area contributed by atoms with E-state index >= 15 is 0 Å². The second-order valence-electron chi connectivity index (χ2n) is 9.71. The molecule has 0 bridgehead atoms. The minimum absolute atomic E-state index is 0.0740. The maximum atomic E-state index is 13.4. The van der Waals surface area contributed by atoms with Crippen LogP contribution in [0.15, 0.2) is 36.4 Å². The van der Waals surface area contributed by atoms with Gasteiger partial charge >= 0.3 is 0 Å². The van der Waals surface area contributed by atoms with Crippen molar-refractivity contribution in [3.05, 3.63) is 64.2 Å². The first kappa shape index (κ1) is 19.6. The number of benzene rings is 2. The Kier molecular flexibility index (Phi) is 4.85. The summed E-state index contributed by atoms with van der Waals surface area (Å²) in [6.45, 7) is 4.09. The quantitative estimate of drug-likeness (QED) is 0.818. The molecule has 4 nitrogen and oxygen atoms in total. The molecule has 158 valence electrons. The number of nitrogens with one attached hydrogen (secondary N) is 1. The van der Waals surface area contributed by atoms with E-state index in [1.54, 1.807) is 0 Å². The summed E-state index contributed by atoms with van der Waals surface area (Å²) >= 11 is 0. The van der Waals surface area contributed by atoms with E-state index < -0.39 is 0 Å². The van der Waals surface area contributed by atoms with E-state index in [9.17, 15) is 4.79 Å². The van der Waals surface area contributed by atoms with Crippen LogP contribution >= 0.6 is 0 Å². The van der Waals surface area contributed by atoms with Crippen molar-refractivity contribution in [2.24, 2.45) is 0 Å². The number of likely N-dealkylation sites (N-methyl/N-ethyl adjacent to an activating group) is 1. The van der Waals surface area contributed by atoms with Gasteiger partial charge in [0.05, 0.1) is 5.54 Å². The summed E-state index contributed by atoms with van der Waals surface area (Å²) in [4.78, 5) is 18.0. The molecule has 3 aliphatic rings. The number of rotatable bonds is 5. The van der Waals surface area contributed by atoms with Gasteiger partial charge in [0.15, 0.2) is 0 Å². The Morgan fingerprint density at radius 1 is 1.10 bits per heavy atom. The Bertz CT molecular complexity index is 970. The van der Waals surface area contributed by atoms with E-state index in [0.717, 1.165) is 49.2 Å². The van der Waals surface area contributed by atoms with E-state index in [1.165, 1.54) is 36.0 Å². The summed E-state index contributed by atoms with van der Waals surface area (Å²) < 4.78 is 0. The average molecular weight is 404 g/mol. The van der Waals surface area contributed by atoms with E-state index in [0.29, 0.717) is 6.04 Å². The number of carbonyl (C=O) groups excluding carboxylic acids is 1. The van der Waals surface area contributed by atoms with Crippen molar-refractivity contribution in [2.75, 3.05) is 32.1 Å². The lowest BCUT2D eigenvalue weighted by Gasteiger charge is -2.44. The van der Waals surface area contributed by atoms with Crippen molar-refractivity contribution in [3.63, 3.8) is 0 Å². The van der Waals surface area contributed by atoms with Crippen LogP contribution in [0.4, 0.5) is 5.69 Å². The van der Waals surface area contributed by atoms with Crippen molar-refractivity contribution in [1.29, 1.82) is 0 Å². The fourth-order valence-electron chi connectivity index (χ4n) is 5.15. The molecule has 1 saturated carbocycles. The SMILES string of the molecule is Cc1ccc(N2CC(N(C)C)C2)cc1C(=O)NC1(c2cccc3c2CCCC3)CC1. The van der Waals surface area contributed by atoms with Crippen LogP contribution in [0, 0.1) is 6.92 Å². The Balaban J connectivity index is 1.37. The summed E-state index contributed by atoms with van der Waals surface area (Å²) in [5, 5.41) is 3.45. The molecule has 1 aliphatic heterocycles. The lowest BCUT2D eigenvalue weighted by Crippen LogP contribution is -2.57. The summed E-state index contributed by atoms with van der Waals surface area (Å²) in [7, 11) is 4.26. The van der Waals surface area contributed by atoms with E-state index in [1.807, 2.05) is 6.92 Å². The highest BCUT2D eigenvalue weighted by atomic mass is 16.1. The number of anilines is 1. The van der Waals surface area contributed by atoms with Gasteiger partial charge in [-0.3, -0.25) is 4.79 Å². The number of aryl methyl sites for hydroxylation is 2. The third-order valence-electron chi connectivity index (χ3n) is 7.44. The van der Waals surface area contributed by atoms with E-state index in [-0.39, 0.29) is 11.4 Å². The molecule has 1 N–H and O–H groups in total. The first-order valence-electron chi connectivity index (χ1n) is 11.4. The Hall–Kier alpha value is -2.33. The molecule has 0 spiro atoms. The van der Waals surface area contributed by atoms with Crippen LogP contribution in [0.5, 0.6) is 0 Å². The predicted octanol–water partition coefficient (Wildman–Crippen LogP) is 4.04. The third-order valence-corrected chi connectivity index (χ3v) is 7.44. The Morgan fingerprint density at radius 3 is 2.60 bits per heavy atom. The minimum atomic E-state index is -0.158. The van der Waals surface area contributed by atoms with Crippen LogP contribution in [0.3, 0.4) is 0 Å². The van der Waals surface area contributed by atoms with E-state index in [2.05, 4.69) is 65.6 Å². The molecular weight excluding hydrogens is 370 g/mol. The molecule has 4 heteroatoms. The van der Waals surface area contributed by atoms with Gasteiger partial charge in [-0.05, 0) is 93.9 Å². The largest absolute Gasteiger partial charge is 0.368 e. The number of hydrogen-bond donors (Lipinski definition) is 1. The zero-order valence-corrected chi connectivity index (χ0v) is 18.5. The maximum Gasteiger partial charge on any atom is 0.252 e. The lowest BCUT2D eigenvalue weighted by molar-refractivity contribution is 0.0930. The molecule has 1 saturated heterocycles. The first-order chi connectivity index (χ1) is 14.5. The number of hydrogen-bond acceptors (Lipinski definition) is 3. The van der Waals surface area contributed by atoms with Gasteiger partial charge in [-0.15, -0.1) is 0 Å². The van der Waals surface area contributed by atoms with E-state index in [4.69, 9.17) is 0 Å². The lowest BCUT2D eigenvalue weighted by atomic mass is 9.85. The highest BCUT2D eigenvalue weighted by Crippen LogP contribution is 2.48. The molecule has 2 fully saturated rings. The van der Waals surface area contributed by atoms with Crippen LogP contribution in [-0.4, -0.2) is 44.0 Å². The Labute approximate surface area is 180 Å². The van der Waals surface area contributed by atoms with Gasteiger partial charge in [0, 0.05) is 30.4 Å². The molecule has 0 aromatic heterocycles. The van der Waals surface area contributed by atoms with Gasteiger partial charge in [0.2, 0.25) is 0 Å². The van der Waals surface area contributed by atoms with Crippen molar-refractivity contribution in [1.82, 2.24) is 10.2 Å². The van der Waals surface area contributed by atoms with Gasteiger partial charge in [0.1, 0.15) is 0 Å². The normalized spacial score (nSPS) is 19.9. The van der Waals surface area contributed by atoms with Crippen LogP contribution in [0.1, 0.15) is 58.3 Å². The van der Waals surface area contributed by atoms with Crippen molar-refractivity contribution >= 4 is 11.6 Å². The predicted molar refractivity (Wildman–Crippen MR) is 122 cm³/mol. The third kappa shape index (κ3) is 3.41. The van der Waals surface area contributed by atoms with Crippen molar-refractivity contribution in [3.8, 4) is 0 Å². The Morgan fingerprint density at radius 2 is 1.87 bits per heavy atom. The van der Waals surface area contributed by atoms with Gasteiger partial charge in [0.25, 0.3) is 5.91 Å². The van der Waals surface area contributed by atoms with Crippen molar-refractivity contribution < 1.29 is 4.79 Å². The van der Waals surface area contributed by atoms with Crippen molar-refractivity contribution in [2.45, 2.75) is 57.0 Å². The summed E-state index contributed by atoms with van der Waals surface area (Å²) in [5.41, 5.74) is 7.23. The zero-order chi connectivity index (χ0) is 20.9. The van der Waals surface area contributed by atoms with Gasteiger partial charge in [-0.25, -0.2) is 0 Å². The number of carbonyl (C=O) groups is 1. The number of amides is 1. The number of nitrogens with zero attached hydrogens (tertiary/aromatic N) is 2. The first-order valence-corrected chi connectivity index (χ1v) is 11.4. The fourth-order valence-corrected chi connectivity index (χ4v) is 5.15. The molecule has 0 radical (unpaired) electrons. The monoisotopic (exact) mass is 403 g/mol. The van der Waals surface area contributed by atoms with Crippen LogP contribution in [0.25, 0.3) is 0 Å². The molecule has 2 aromatic carbocycles. The molecule has 5 rings (SSSR count). The maximum absolute atomic E-state index is 13.4. The second kappa shape index (κ2) is 7.42. The molecule has 2 aliphatic carbocycles. The zero-order valence-electron chi connectivity index (χ0n) is 18.5. The summed E-state index contributed by atoms with van der Waals surface area (Å²) in [5.74, 6) is 0.0740. The van der Waals surface area contributed by atoms with Crippen LogP contribution in [0.2, 0.25) is 0 Å².